The summed E-state index contributed by atoms with van der Waals surface area (Å²) in [5.74, 6) is -0.0361. The molecule has 0 spiro atoms. The second-order valence-corrected chi connectivity index (χ2v) is 6.00. The maximum Gasteiger partial charge on any atom is 0.224 e. The summed E-state index contributed by atoms with van der Waals surface area (Å²) in [4.78, 5) is 12.0. The van der Waals surface area contributed by atoms with E-state index in [0.717, 1.165) is 13.0 Å². The smallest absolute Gasteiger partial charge is 0.224 e. The van der Waals surface area contributed by atoms with E-state index in [1.807, 2.05) is 0 Å². The lowest BCUT2D eigenvalue weighted by atomic mass is 10.1. The Labute approximate surface area is 130 Å². The van der Waals surface area contributed by atoms with Crippen molar-refractivity contribution in [2.45, 2.75) is 38.1 Å². The lowest BCUT2D eigenvalue weighted by Gasteiger charge is -2.16. The Hall–Kier alpha value is -0.770. The molecule has 110 valence electrons. The minimum Gasteiger partial charge on any atom is -0.354 e. The molecule has 1 saturated heterocycles. The van der Waals surface area contributed by atoms with E-state index in [1.54, 1.807) is 18.2 Å². The van der Waals surface area contributed by atoms with Crippen molar-refractivity contribution < 1.29 is 4.79 Å². The van der Waals surface area contributed by atoms with Crippen LogP contribution in [0.15, 0.2) is 18.2 Å². The van der Waals surface area contributed by atoms with Crippen LogP contribution in [0.1, 0.15) is 31.2 Å². The van der Waals surface area contributed by atoms with Crippen LogP contribution >= 0.6 is 23.2 Å². The van der Waals surface area contributed by atoms with Crippen molar-refractivity contribution in [2.24, 2.45) is 0 Å². The van der Waals surface area contributed by atoms with Gasteiger partial charge in [-0.15, -0.1) is 0 Å². The van der Waals surface area contributed by atoms with Gasteiger partial charge in [-0.25, -0.2) is 0 Å². The van der Waals surface area contributed by atoms with Crippen molar-refractivity contribution in [3.63, 3.8) is 0 Å². The standard InChI is InChI=1S/C15H20Cl2N2O/c16-13-6-4-7-14(17)12(13)9-15(20)19-10-11-5-2-1-3-8-18-11/h4,6-7,11,18H,1-3,5,8-10H2,(H,19,20). The molecule has 2 N–H and O–H groups in total. The summed E-state index contributed by atoms with van der Waals surface area (Å²) in [6.07, 6.45) is 5.06. The molecule has 1 fully saturated rings. The third-order valence-electron chi connectivity index (χ3n) is 3.61. The van der Waals surface area contributed by atoms with Gasteiger partial charge in [-0.05, 0) is 37.1 Å². The maximum absolute atomic E-state index is 12.0. The zero-order valence-corrected chi connectivity index (χ0v) is 12.9. The lowest BCUT2D eigenvalue weighted by molar-refractivity contribution is -0.120. The first-order chi connectivity index (χ1) is 9.66. The number of benzene rings is 1. The van der Waals surface area contributed by atoms with Crippen LogP contribution in [0.5, 0.6) is 0 Å². The summed E-state index contributed by atoms with van der Waals surface area (Å²) < 4.78 is 0. The zero-order chi connectivity index (χ0) is 14.4. The molecule has 1 heterocycles. The number of hydrogen-bond acceptors (Lipinski definition) is 2. The van der Waals surface area contributed by atoms with Crippen molar-refractivity contribution in [1.29, 1.82) is 0 Å². The minimum atomic E-state index is -0.0361. The summed E-state index contributed by atoms with van der Waals surface area (Å²) in [6, 6.07) is 5.66. The van der Waals surface area contributed by atoms with Gasteiger partial charge in [0, 0.05) is 22.6 Å². The average Bonchev–Trinajstić information content (AvgIpc) is 2.69. The zero-order valence-electron chi connectivity index (χ0n) is 11.4. The van der Waals surface area contributed by atoms with Gasteiger partial charge in [-0.3, -0.25) is 4.79 Å². The van der Waals surface area contributed by atoms with Gasteiger partial charge in [0.05, 0.1) is 6.42 Å². The fourth-order valence-electron chi connectivity index (χ4n) is 2.44. The molecule has 1 aromatic rings. The van der Waals surface area contributed by atoms with E-state index in [1.165, 1.54) is 19.3 Å². The van der Waals surface area contributed by atoms with Crippen LogP contribution in [-0.4, -0.2) is 25.0 Å². The molecule has 0 aromatic heterocycles. The summed E-state index contributed by atoms with van der Waals surface area (Å²) in [5, 5.41) is 7.50. The Morgan fingerprint density at radius 1 is 1.25 bits per heavy atom. The van der Waals surface area contributed by atoms with Crippen LogP contribution in [-0.2, 0) is 11.2 Å². The molecule has 2 rings (SSSR count). The van der Waals surface area contributed by atoms with Crippen LogP contribution in [0.4, 0.5) is 0 Å². The second-order valence-electron chi connectivity index (χ2n) is 5.18. The van der Waals surface area contributed by atoms with E-state index < -0.39 is 0 Å². The number of nitrogens with one attached hydrogen (secondary N) is 2. The fourth-order valence-corrected chi connectivity index (χ4v) is 2.97. The Morgan fingerprint density at radius 2 is 2.00 bits per heavy atom. The molecule has 0 bridgehead atoms. The van der Waals surface area contributed by atoms with Gasteiger partial charge >= 0.3 is 0 Å². The van der Waals surface area contributed by atoms with Crippen LogP contribution < -0.4 is 10.6 Å². The average molecular weight is 315 g/mol. The van der Waals surface area contributed by atoms with E-state index in [2.05, 4.69) is 10.6 Å². The van der Waals surface area contributed by atoms with Gasteiger partial charge in [0.1, 0.15) is 0 Å². The van der Waals surface area contributed by atoms with Crippen molar-refractivity contribution >= 4 is 29.1 Å². The second kappa shape index (κ2) is 7.87. The Kier molecular flexibility index (Phi) is 6.14. The van der Waals surface area contributed by atoms with E-state index >= 15 is 0 Å². The van der Waals surface area contributed by atoms with Gasteiger partial charge in [-0.1, -0.05) is 42.1 Å². The van der Waals surface area contributed by atoms with Crippen molar-refractivity contribution in [2.75, 3.05) is 13.1 Å². The third-order valence-corrected chi connectivity index (χ3v) is 4.32. The van der Waals surface area contributed by atoms with E-state index in [0.29, 0.717) is 28.2 Å². The number of hydrogen-bond donors (Lipinski definition) is 2. The predicted molar refractivity (Wildman–Crippen MR) is 83.4 cm³/mol. The number of amides is 1. The summed E-state index contributed by atoms with van der Waals surface area (Å²) in [5.41, 5.74) is 0.696. The molecule has 3 nitrogen and oxygen atoms in total. The van der Waals surface area contributed by atoms with Gasteiger partial charge in [0.15, 0.2) is 0 Å². The first-order valence-electron chi connectivity index (χ1n) is 7.10. The minimum absolute atomic E-state index is 0.0361. The normalized spacial score (nSPS) is 19.4. The van der Waals surface area contributed by atoms with E-state index in [-0.39, 0.29) is 12.3 Å². The van der Waals surface area contributed by atoms with Crippen molar-refractivity contribution in [1.82, 2.24) is 10.6 Å². The molecule has 20 heavy (non-hydrogen) atoms. The highest BCUT2D eigenvalue weighted by atomic mass is 35.5. The molecular formula is C15H20Cl2N2O. The number of carbonyl (C=O) groups excluding carboxylic acids is 1. The van der Waals surface area contributed by atoms with Crippen LogP contribution in [0.25, 0.3) is 0 Å². The molecule has 1 atom stereocenters. The topological polar surface area (TPSA) is 41.1 Å². The predicted octanol–water partition coefficient (Wildman–Crippen LogP) is 3.18. The summed E-state index contributed by atoms with van der Waals surface area (Å²) in [6.45, 7) is 1.71. The molecule has 1 aliphatic heterocycles. The van der Waals surface area contributed by atoms with Gasteiger partial charge in [0.2, 0.25) is 5.91 Å². The first kappa shape index (κ1) is 15.6. The molecule has 1 unspecified atom stereocenters. The molecular weight excluding hydrogens is 295 g/mol. The highest BCUT2D eigenvalue weighted by Gasteiger charge is 2.14. The Morgan fingerprint density at radius 3 is 2.75 bits per heavy atom. The summed E-state index contributed by atoms with van der Waals surface area (Å²) in [7, 11) is 0. The third kappa shape index (κ3) is 4.65. The fraction of sp³-hybridized carbons (Fsp3) is 0.533. The van der Waals surface area contributed by atoms with Gasteiger partial charge < -0.3 is 10.6 Å². The number of carbonyl (C=O) groups is 1. The molecule has 5 heteroatoms. The van der Waals surface area contributed by atoms with Crippen LogP contribution in [0.2, 0.25) is 10.0 Å². The molecule has 0 radical (unpaired) electrons. The summed E-state index contributed by atoms with van der Waals surface area (Å²) >= 11 is 12.1. The molecule has 0 aliphatic carbocycles. The Bertz CT molecular complexity index is 437. The SMILES string of the molecule is O=C(Cc1c(Cl)cccc1Cl)NCC1CCCCCN1. The molecule has 0 saturated carbocycles. The molecule has 1 aromatic carbocycles. The van der Waals surface area contributed by atoms with Gasteiger partial charge in [0.25, 0.3) is 0 Å². The van der Waals surface area contributed by atoms with Crippen LogP contribution in [0, 0.1) is 0 Å². The lowest BCUT2D eigenvalue weighted by Crippen LogP contribution is -2.40. The molecule has 1 amide bonds. The van der Waals surface area contributed by atoms with Gasteiger partial charge in [-0.2, -0.15) is 0 Å². The largest absolute Gasteiger partial charge is 0.354 e. The number of halogens is 2. The monoisotopic (exact) mass is 314 g/mol. The first-order valence-corrected chi connectivity index (χ1v) is 7.85. The van der Waals surface area contributed by atoms with Crippen molar-refractivity contribution in [3.05, 3.63) is 33.8 Å². The maximum atomic E-state index is 12.0. The Balaban J connectivity index is 1.83. The van der Waals surface area contributed by atoms with Crippen LogP contribution in [0.3, 0.4) is 0 Å². The highest BCUT2D eigenvalue weighted by Crippen LogP contribution is 2.24. The number of rotatable bonds is 4. The molecule has 1 aliphatic rings. The quantitative estimate of drug-likeness (QED) is 0.896. The van der Waals surface area contributed by atoms with E-state index in [4.69, 9.17) is 23.2 Å². The van der Waals surface area contributed by atoms with Crippen molar-refractivity contribution in [3.8, 4) is 0 Å². The highest BCUT2D eigenvalue weighted by molar-refractivity contribution is 6.36. The van der Waals surface area contributed by atoms with E-state index in [9.17, 15) is 4.79 Å².